The first-order chi connectivity index (χ1) is 9.22. The summed E-state index contributed by atoms with van der Waals surface area (Å²) in [5, 5.41) is 20.8. The van der Waals surface area contributed by atoms with E-state index in [1.807, 2.05) is 18.2 Å². The number of nitriles is 2. The number of nitrogen functional groups attached to an aromatic ring is 1. The molecule has 2 rings (SSSR count). The van der Waals surface area contributed by atoms with E-state index in [1.165, 1.54) is 6.20 Å². The molecule has 0 aliphatic heterocycles. The molecule has 0 aliphatic carbocycles. The smallest absolute Gasteiger partial charge is 0.144 e. The minimum absolute atomic E-state index is 0.411. The van der Waals surface area contributed by atoms with E-state index in [4.69, 9.17) is 16.3 Å². The number of aromatic nitrogens is 1. The SMILES string of the molecule is N#Cc1ccc(CNc2ncc(N)cc2C#N)cc1. The van der Waals surface area contributed by atoms with Crippen LogP contribution in [0.15, 0.2) is 36.5 Å². The summed E-state index contributed by atoms with van der Waals surface area (Å²) in [7, 11) is 0. The molecule has 0 amide bonds. The molecule has 0 radical (unpaired) electrons. The monoisotopic (exact) mass is 249 g/mol. The van der Waals surface area contributed by atoms with Gasteiger partial charge >= 0.3 is 0 Å². The Bertz CT molecular complexity index is 662. The van der Waals surface area contributed by atoms with E-state index < -0.39 is 0 Å². The summed E-state index contributed by atoms with van der Waals surface area (Å²) in [5.74, 6) is 0.501. The number of pyridine rings is 1. The van der Waals surface area contributed by atoms with E-state index in [2.05, 4.69) is 16.4 Å². The van der Waals surface area contributed by atoms with Crippen LogP contribution in [0, 0.1) is 22.7 Å². The second-order valence-corrected chi connectivity index (χ2v) is 3.94. The zero-order valence-corrected chi connectivity index (χ0v) is 10.1. The molecule has 0 aliphatic rings. The van der Waals surface area contributed by atoms with Crippen molar-refractivity contribution in [1.29, 1.82) is 10.5 Å². The number of hydrogen-bond donors (Lipinski definition) is 2. The molecule has 5 heteroatoms. The van der Waals surface area contributed by atoms with Gasteiger partial charge < -0.3 is 11.1 Å². The predicted molar refractivity (Wildman–Crippen MR) is 71.8 cm³/mol. The fourth-order valence-electron chi connectivity index (χ4n) is 1.59. The molecule has 0 fully saturated rings. The Kier molecular flexibility index (Phi) is 3.61. The molecule has 0 unspecified atom stereocenters. The Morgan fingerprint density at radius 2 is 1.89 bits per heavy atom. The van der Waals surface area contributed by atoms with Crippen molar-refractivity contribution in [3.05, 3.63) is 53.2 Å². The summed E-state index contributed by atoms with van der Waals surface area (Å²) in [5.41, 5.74) is 8.06. The first-order valence-corrected chi connectivity index (χ1v) is 5.61. The summed E-state index contributed by atoms with van der Waals surface area (Å²) >= 11 is 0. The average Bonchev–Trinajstić information content (AvgIpc) is 2.46. The average molecular weight is 249 g/mol. The van der Waals surface area contributed by atoms with Gasteiger partial charge in [-0.1, -0.05) is 12.1 Å². The van der Waals surface area contributed by atoms with Gasteiger partial charge in [0.15, 0.2) is 0 Å². The van der Waals surface area contributed by atoms with E-state index in [1.54, 1.807) is 18.2 Å². The third-order valence-corrected chi connectivity index (χ3v) is 2.57. The highest BCUT2D eigenvalue weighted by atomic mass is 15.0. The maximum Gasteiger partial charge on any atom is 0.144 e. The summed E-state index contributed by atoms with van der Waals surface area (Å²) in [6, 6.07) is 12.9. The zero-order valence-electron chi connectivity index (χ0n) is 10.1. The number of nitrogens with one attached hydrogen (secondary N) is 1. The van der Waals surface area contributed by atoms with Crippen molar-refractivity contribution in [2.24, 2.45) is 0 Å². The van der Waals surface area contributed by atoms with Gasteiger partial charge in [0.05, 0.1) is 29.1 Å². The minimum atomic E-state index is 0.411. The lowest BCUT2D eigenvalue weighted by atomic mass is 10.1. The Hall–Kier alpha value is -3.05. The molecule has 1 heterocycles. The van der Waals surface area contributed by atoms with E-state index in [-0.39, 0.29) is 0 Å². The van der Waals surface area contributed by atoms with Crippen molar-refractivity contribution in [2.75, 3.05) is 11.1 Å². The Balaban J connectivity index is 2.10. The second-order valence-electron chi connectivity index (χ2n) is 3.94. The highest BCUT2D eigenvalue weighted by Crippen LogP contribution is 2.15. The van der Waals surface area contributed by atoms with Crippen LogP contribution < -0.4 is 11.1 Å². The molecule has 1 aromatic heterocycles. The molecule has 1 aromatic carbocycles. The van der Waals surface area contributed by atoms with Gasteiger partial charge in [0.2, 0.25) is 0 Å². The first-order valence-electron chi connectivity index (χ1n) is 5.61. The van der Waals surface area contributed by atoms with E-state index in [9.17, 15) is 0 Å². The van der Waals surface area contributed by atoms with Gasteiger partial charge in [0.1, 0.15) is 11.9 Å². The lowest BCUT2D eigenvalue weighted by molar-refractivity contribution is 1.11. The van der Waals surface area contributed by atoms with Gasteiger partial charge in [0.25, 0.3) is 0 Å². The molecule has 0 spiro atoms. The van der Waals surface area contributed by atoms with E-state index >= 15 is 0 Å². The molecule has 0 saturated carbocycles. The van der Waals surface area contributed by atoms with E-state index in [0.29, 0.717) is 29.2 Å². The van der Waals surface area contributed by atoms with Crippen LogP contribution in [0.3, 0.4) is 0 Å². The molecule has 5 nitrogen and oxygen atoms in total. The lowest BCUT2D eigenvalue weighted by Gasteiger charge is -2.07. The minimum Gasteiger partial charge on any atom is -0.397 e. The quantitative estimate of drug-likeness (QED) is 0.867. The summed E-state index contributed by atoms with van der Waals surface area (Å²) < 4.78 is 0. The normalized spacial score (nSPS) is 9.37. The van der Waals surface area contributed by atoms with Crippen molar-refractivity contribution in [3.63, 3.8) is 0 Å². The Morgan fingerprint density at radius 1 is 1.16 bits per heavy atom. The summed E-state index contributed by atoms with van der Waals surface area (Å²) in [4.78, 5) is 4.09. The topological polar surface area (TPSA) is 98.5 Å². The molecule has 3 N–H and O–H groups in total. The van der Waals surface area contributed by atoms with Gasteiger partial charge in [-0.2, -0.15) is 10.5 Å². The highest BCUT2D eigenvalue weighted by Gasteiger charge is 2.03. The van der Waals surface area contributed by atoms with Crippen LogP contribution in [0.1, 0.15) is 16.7 Å². The maximum absolute atomic E-state index is 8.99. The van der Waals surface area contributed by atoms with Crippen LogP contribution in [-0.4, -0.2) is 4.98 Å². The standard InChI is InChI=1S/C14H11N5/c15-6-10-1-3-11(4-2-10)8-18-14-12(7-16)5-13(17)9-19-14/h1-5,9H,8,17H2,(H,18,19). The third kappa shape index (κ3) is 2.99. The van der Waals surface area contributed by atoms with Crippen LogP contribution in [0.5, 0.6) is 0 Å². The van der Waals surface area contributed by atoms with Crippen molar-refractivity contribution >= 4 is 11.5 Å². The third-order valence-electron chi connectivity index (χ3n) is 2.57. The lowest BCUT2D eigenvalue weighted by Crippen LogP contribution is -2.04. The van der Waals surface area contributed by atoms with Gasteiger partial charge in [-0.15, -0.1) is 0 Å². The zero-order chi connectivity index (χ0) is 13.7. The molecule has 0 saturated heterocycles. The Labute approximate surface area is 110 Å². The fraction of sp³-hybridized carbons (Fsp3) is 0.0714. The fourth-order valence-corrected chi connectivity index (χ4v) is 1.59. The molecular formula is C14H11N5. The van der Waals surface area contributed by atoms with Gasteiger partial charge in [-0.05, 0) is 23.8 Å². The van der Waals surface area contributed by atoms with Crippen LogP contribution in [0.25, 0.3) is 0 Å². The highest BCUT2D eigenvalue weighted by molar-refractivity contribution is 5.57. The van der Waals surface area contributed by atoms with Gasteiger partial charge in [-0.25, -0.2) is 4.98 Å². The number of benzene rings is 1. The van der Waals surface area contributed by atoms with Crippen molar-refractivity contribution in [2.45, 2.75) is 6.54 Å². The largest absolute Gasteiger partial charge is 0.397 e. The number of nitrogens with two attached hydrogens (primary N) is 1. The molecule has 0 atom stereocenters. The molecular weight excluding hydrogens is 238 g/mol. The predicted octanol–water partition coefficient (Wildman–Crippen LogP) is 2.02. The molecule has 92 valence electrons. The van der Waals surface area contributed by atoms with Crippen LogP contribution >= 0.6 is 0 Å². The van der Waals surface area contributed by atoms with Crippen LogP contribution in [0.4, 0.5) is 11.5 Å². The second kappa shape index (κ2) is 5.52. The summed E-state index contributed by atoms with van der Waals surface area (Å²) in [6.45, 7) is 0.525. The number of anilines is 2. The number of rotatable bonds is 3. The molecule has 2 aromatic rings. The van der Waals surface area contributed by atoms with Gasteiger partial charge in [0, 0.05) is 6.54 Å². The Morgan fingerprint density at radius 3 is 2.53 bits per heavy atom. The van der Waals surface area contributed by atoms with E-state index in [0.717, 1.165) is 5.56 Å². The van der Waals surface area contributed by atoms with Crippen LogP contribution in [-0.2, 0) is 6.54 Å². The summed E-state index contributed by atoms with van der Waals surface area (Å²) in [6.07, 6.45) is 1.50. The first kappa shape index (κ1) is 12.4. The van der Waals surface area contributed by atoms with Gasteiger partial charge in [-0.3, -0.25) is 0 Å². The molecule has 19 heavy (non-hydrogen) atoms. The van der Waals surface area contributed by atoms with Crippen LogP contribution in [0.2, 0.25) is 0 Å². The van der Waals surface area contributed by atoms with Crippen molar-refractivity contribution in [3.8, 4) is 12.1 Å². The van der Waals surface area contributed by atoms with Crippen molar-refractivity contribution < 1.29 is 0 Å². The maximum atomic E-state index is 8.99. The number of hydrogen-bond acceptors (Lipinski definition) is 5. The number of nitrogens with zero attached hydrogens (tertiary/aromatic N) is 3. The van der Waals surface area contributed by atoms with Crippen molar-refractivity contribution in [1.82, 2.24) is 4.98 Å². The molecule has 0 bridgehead atoms.